The van der Waals surface area contributed by atoms with Crippen molar-refractivity contribution in [3.63, 3.8) is 0 Å². The second kappa shape index (κ2) is 9.56. The van der Waals surface area contributed by atoms with Crippen LogP contribution in [0.25, 0.3) is 0 Å². The van der Waals surface area contributed by atoms with Crippen molar-refractivity contribution in [2.75, 3.05) is 19.6 Å². The first-order valence-electron chi connectivity index (χ1n) is 7.38. The molecule has 0 radical (unpaired) electrons. The fourth-order valence-corrected chi connectivity index (χ4v) is 1.96. The zero-order valence-corrected chi connectivity index (χ0v) is 15.7. The van der Waals surface area contributed by atoms with Crippen molar-refractivity contribution in [3.05, 3.63) is 42.6 Å². The monoisotopic (exact) mass is 433 g/mol. The number of hydrogen-bond acceptors (Lipinski definition) is 4. The molecule has 23 heavy (non-hydrogen) atoms. The van der Waals surface area contributed by atoms with Gasteiger partial charge in [0.15, 0.2) is 5.96 Å². The van der Waals surface area contributed by atoms with E-state index in [0.717, 1.165) is 13.1 Å². The molecule has 2 aromatic rings. The summed E-state index contributed by atoms with van der Waals surface area (Å²) >= 11 is 0. The Morgan fingerprint density at radius 1 is 1.43 bits per heavy atom. The Kier molecular flexibility index (Phi) is 8.10. The minimum absolute atomic E-state index is 0. The van der Waals surface area contributed by atoms with Crippen LogP contribution in [-0.4, -0.2) is 40.5 Å². The van der Waals surface area contributed by atoms with Crippen LogP contribution in [-0.2, 0) is 12.1 Å². The van der Waals surface area contributed by atoms with Crippen molar-refractivity contribution in [2.24, 2.45) is 4.99 Å². The Hall–Kier alpha value is -1.55. The van der Waals surface area contributed by atoms with E-state index in [-0.39, 0.29) is 30.5 Å². The molecule has 0 bridgehead atoms. The minimum Gasteiger partial charge on any atom is -0.466 e. The number of rotatable bonds is 7. The highest BCUT2D eigenvalue weighted by molar-refractivity contribution is 14.0. The first-order chi connectivity index (χ1) is 10.6. The highest BCUT2D eigenvalue weighted by Crippen LogP contribution is 2.20. The maximum atomic E-state index is 10.4. The number of hydrogen-bond donors (Lipinski definition) is 3. The summed E-state index contributed by atoms with van der Waals surface area (Å²) < 4.78 is 7.09. The number of guanidine groups is 1. The molecule has 0 saturated heterocycles. The fourth-order valence-electron chi connectivity index (χ4n) is 1.96. The van der Waals surface area contributed by atoms with Crippen LogP contribution in [0.15, 0.2) is 46.3 Å². The average Bonchev–Trinajstić information content (AvgIpc) is 3.18. The molecule has 0 fully saturated rings. The Balaban J connectivity index is 0.00000264. The first kappa shape index (κ1) is 19.5. The maximum absolute atomic E-state index is 10.4. The van der Waals surface area contributed by atoms with Gasteiger partial charge in [-0.1, -0.05) is 0 Å². The van der Waals surface area contributed by atoms with Crippen LogP contribution in [0.3, 0.4) is 0 Å². The molecule has 0 amide bonds. The zero-order valence-electron chi connectivity index (χ0n) is 13.4. The molecule has 0 aromatic carbocycles. The predicted molar refractivity (Wildman–Crippen MR) is 99.9 cm³/mol. The molecule has 1 unspecified atom stereocenters. The Labute approximate surface area is 153 Å². The largest absolute Gasteiger partial charge is 0.466 e. The van der Waals surface area contributed by atoms with Gasteiger partial charge in [-0.25, -0.2) is 4.99 Å². The fraction of sp³-hybridized carbons (Fsp3) is 0.467. The van der Waals surface area contributed by atoms with E-state index in [1.807, 2.05) is 23.9 Å². The number of aliphatic imine (C=N–C) groups is 1. The van der Waals surface area contributed by atoms with E-state index in [4.69, 9.17) is 4.42 Å². The Morgan fingerprint density at radius 2 is 2.26 bits per heavy atom. The molecule has 3 N–H and O–H groups in total. The molecule has 8 heteroatoms. The molecule has 0 aliphatic heterocycles. The summed E-state index contributed by atoms with van der Waals surface area (Å²) in [5, 5.41) is 20.9. The summed E-state index contributed by atoms with van der Waals surface area (Å²) in [6.45, 7) is 6.06. The lowest BCUT2D eigenvalue weighted by Crippen LogP contribution is -2.40. The zero-order chi connectivity index (χ0) is 15.8. The van der Waals surface area contributed by atoms with Crippen molar-refractivity contribution < 1.29 is 9.52 Å². The highest BCUT2D eigenvalue weighted by Gasteiger charge is 2.25. The van der Waals surface area contributed by atoms with E-state index in [1.165, 1.54) is 0 Å². The van der Waals surface area contributed by atoms with Crippen molar-refractivity contribution in [1.29, 1.82) is 0 Å². The second-order valence-electron chi connectivity index (χ2n) is 5.14. The third-order valence-electron chi connectivity index (χ3n) is 3.13. The van der Waals surface area contributed by atoms with E-state index >= 15 is 0 Å². The van der Waals surface area contributed by atoms with Gasteiger partial charge < -0.3 is 20.2 Å². The summed E-state index contributed by atoms with van der Waals surface area (Å²) in [6, 6.07) is 5.38. The summed E-state index contributed by atoms with van der Waals surface area (Å²) in [7, 11) is 0. The van der Waals surface area contributed by atoms with Crippen LogP contribution in [0.4, 0.5) is 0 Å². The van der Waals surface area contributed by atoms with Crippen molar-refractivity contribution in [1.82, 2.24) is 20.4 Å². The lowest BCUT2D eigenvalue weighted by molar-refractivity contribution is 0.0437. The van der Waals surface area contributed by atoms with Crippen LogP contribution in [0.5, 0.6) is 0 Å². The van der Waals surface area contributed by atoms with Crippen molar-refractivity contribution >= 4 is 29.9 Å². The highest BCUT2D eigenvalue weighted by atomic mass is 127. The molecule has 0 aliphatic carbocycles. The molecule has 2 heterocycles. The maximum Gasteiger partial charge on any atom is 0.191 e. The van der Waals surface area contributed by atoms with Gasteiger partial charge in [0.25, 0.3) is 0 Å². The van der Waals surface area contributed by atoms with Crippen LogP contribution < -0.4 is 10.6 Å². The topological polar surface area (TPSA) is 87.6 Å². The van der Waals surface area contributed by atoms with E-state index in [1.54, 1.807) is 31.5 Å². The van der Waals surface area contributed by atoms with Gasteiger partial charge in [0, 0.05) is 25.5 Å². The third-order valence-corrected chi connectivity index (χ3v) is 3.13. The van der Waals surface area contributed by atoms with E-state index < -0.39 is 5.60 Å². The van der Waals surface area contributed by atoms with Gasteiger partial charge in [0.2, 0.25) is 0 Å². The summed E-state index contributed by atoms with van der Waals surface area (Å²) in [6.07, 6.45) is 5.20. The Bertz CT molecular complexity index is 567. The lowest BCUT2D eigenvalue weighted by atomic mass is 10.0. The van der Waals surface area contributed by atoms with Crippen molar-refractivity contribution in [2.45, 2.75) is 26.0 Å². The molecule has 128 valence electrons. The normalized spacial score (nSPS) is 14.0. The van der Waals surface area contributed by atoms with Crippen LogP contribution in [0.2, 0.25) is 0 Å². The second-order valence-corrected chi connectivity index (χ2v) is 5.14. The molecule has 2 aromatic heterocycles. The van der Waals surface area contributed by atoms with Gasteiger partial charge in [-0.15, -0.1) is 24.0 Å². The van der Waals surface area contributed by atoms with Gasteiger partial charge >= 0.3 is 0 Å². The molecule has 0 saturated carbocycles. The average molecular weight is 433 g/mol. The predicted octanol–water partition coefficient (Wildman–Crippen LogP) is 1.56. The van der Waals surface area contributed by atoms with Crippen LogP contribution >= 0.6 is 24.0 Å². The summed E-state index contributed by atoms with van der Waals surface area (Å²) in [5.74, 6) is 1.16. The number of aromatic nitrogens is 2. The summed E-state index contributed by atoms with van der Waals surface area (Å²) in [5.41, 5.74) is -1.13. The molecule has 0 spiro atoms. The molecule has 2 rings (SSSR count). The number of furan rings is 1. The Morgan fingerprint density at radius 3 is 2.87 bits per heavy atom. The van der Waals surface area contributed by atoms with Gasteiger partial charge in [-0.2, -0.15) is 5.10 Å². The molecular weight excluding hydrogens is 409 g/mol. The number of nitrogens with zero attached hydrogens (tertiary/aromatic N) is 3. The van der Waals surface area contributed by atoms with Crippen molar-refractivity contribution in [3.8, 4) is 0 Å². The van der Waals surface area contributed by atoms with Gasteiger partial charge in [-0.05, 0) is 32.0 Å². The lowest BCUT2D eigenvalue weighted by Gasteiger charge is -2.19. The number of aliphatic hydroxyl groups is 1. The minimum atomic E-state index is -1.13. The van der Waals surface area contributed by atoms with E-state index in [9.17, 15) is 5.11 Å². The van der Waals surface area contributed by atoms with Gasteiger partial charge in [-0.3, -0.25) is 4.68 Å². The van der Waals surface area contributed by atoms with Gasteiger partial charge in [0.05, 0.1) is 19.4 Å². The molecule has 1 atom stereocenters. The van der Waals surface area contributed by atoms with E-state index in [2.05, 4.69) is 20.7 Å². The quantitative estimate of drug-likeness (QED) is 0.351. The molecule has 0 aliphatic rings. The standard InChI is InChI=1S/C15H23N5O2.HI/c1-3-16-14(17-8-10-20-9-5-7-19-20)18-12-15(2,21)13-6-4-11-22-13;/h4-7,9,11,21H,3,8,10,12H2,1-2H3,(H2,16,17,18);1H. The molecular formula is C15H24IN5O2. The van der Waals surface area contributed by atoms with E-state index in [0.29, 0.717) is 18.3 Å². The smallest absolute Gasteiger partial charge is 0.191 e. The number of halogens is 1. The van der Waals surface area contributed by atoms with Crippen LogP contribution in [0.1, 0.15) is 19.6 Å². The van der Waals surface area contributed by atoms with Gasteiger partial charge in [0.1, 0.15) is 11.4 Å². The first-order valence-corrected chi connectivity index (χ1v) is 7.38. The van der Waals surface area contributed by atoms with Crippen LogP contribution in [0, 0.1) is 0 Å². The SMILES string of the molecule is CCNC(=NCC(C)(O)c1ccco1)NCCn1cccn1.I. The number of nitrogens with one attached hydrogen (secondary N) is 2. The molecule has 7 nitrogen and oxygen atoms in total. The summed E-state index contributed by atoms with van der Waals surface area (Å²) in [4.78, 5) is 4.41. The third kappa shape index (κ3) is 6.22.